The number of hydrogen-bond donors (Lipinski definition) is 3. The molecule has 0 bridgehead atoms. The van der Waals surface area contributed by atoms with E-state index in [1.165, 1.54) is 14.2 Å². The number of aromatic hydroxyl groups is 1. The highest BCUT2D eigenvalue weighted by molar-refractivity contribution is 5.98. The lowest BCUT2D eigenvalue weighted by Crippen LogP contribution is -2.50. The number of piperazine rings is 1. The van der Waals surface area contributed by atoms with Gasteiger partial charge in [-0.15, -0.1) is 0 Å². The van der Waals surface area contributed by atoms with Gasteiger partial charge >= 0.3 is 6.03 Å². The first-order chi connectivity index (χ1) is 15.9. The van der Waals surface area contributed by atoms with Crippen molar-refractivity contribution in [2.75, 3.05) is 63.5 Å². The number of amides is 2. The summed E-state index contributed by atoms with van der Waals surface area (Å²) in [6.07, 6.45) is 0. The zero-order valence-corrected chi connectivity index (χ0v) is 18.7. The van der Waals surface area contributed by atoms with Crippen molar-refractivity contribution in [2.24, 2.45) is 0 Å². The Kier molecular flexibility index (Phi) is 6.11. The van der Waals surface area contributed by atoms with Gasteiger partial charge in [-0.25, -0.2) is 9.78 Å². The molecule has 1 aromatic heterocycles. The van der Waals surface area contributed by atoms with Gasteiger partial charge in [0.1, 0.15) is 11.6 Å². The van der Waals surface area contributed by atoms with Crippen LogP contribution in [0.5, 0.6) is 23.0 Å². The second kappa shape index (κ2) is 9.15. The molecule has 33 heavy (non-hydrogen) atoms. The number of rotatable bonds is 5. The second-order valence-electron chi connectivity index (χ2n) is 7.40. The molecule has 4 rings (SSSR count). The first-order valence-electron chi connectivity index (χ1n) is 10.3. The van der Waals surface area contributed by atoms with Gasteiger partial charge in [-0.3, -0.25) is 0 Å². The summed E-state index contributed by atoms with van der Waals surface area (Å²) < 4.78 is 15.6. The topological polar surface area (TPSA) is 135 Å². The van der Waals surface area contributed by atoms with Gasteiger partial charge in [0.05, 0.1) is 32.2 Å². The van der Waals surface area contributed by atoms with Crippen LogP contribution in [-0.2, 0) is 0 Å². The Hall–Kier alpha value is -4.15. The minimum Gasteiger partial charge on any atom is -0.504 e. The van der Waals surface area contributed by atoms with Crippen molar-refractivity contribution in [3.63, 3.8) is 0 Å². The van der Waals surface area contributed by atoms with Crippen LogP contribution < -0.4 is 30.2 Å². The number of carbonyl (C=O) groups is 1. The number of carbonyl (C=O) groups excluding carboxylic acids is 1. The molecule has 1 saturated heterocycles. The number of methoxy groups -OCH3 is 3. The number of aromatic nitrogens is 2. The molecule has 2 amide bonds. The monoisotopic (exact) mass is 454 g/mol. The van der Waals surface area contributed by atoms with Crippen LogP contribution in [0.2, 0.25) is 0 Å². The quantitative estimate of drug-likeness (QED) is 0.530. The standard InChI is InChI=1S/C22H26N6O5/c1-31-14-6-4-13(5-7-14)24-22(30)28-10-8-27(9-11-28)21-25-15-12-16(32-2)19(33-3)18(29)17(15)20(23)26-21/h4-7,12,29H,8-11H2,1-3H3,(H,24,30)(H2,23,25,26). The number of hydrogen-bond acceptors (Lipinski definition) is 9. The van der Waals surface area contributed by atoms with Gasteiger partial charge < -0.3 is 40.2 Å². The van der Waals surface area contributed by atoms with Gasteiger partial charge in [0, 0.05) is 37.9 Å². The summed E-state index contributed by atoms with van der Waals surface area (Å²) >= 11 is 0. The minimum absolute atomic E-state index is 0.133. The maximum atomic E-state index is 12.6. The van der Waals surface area contributed by atoms with E-state index in [-0.39, 0.29) is 23.3 Å². The summed E-state index contributed by atoms with van der Waals surface area (Å²) in [4.78, 5) is 25.2. The number of anilines is 3. The molecule has 1 aliphatic heterocycles. The van der Waals surface area contributed by atoms with Crippen LogP contribution in [-0.4, -0.2) is 73.5 Å². The number of nitrogen functional groups attached to an aromatic ring is 1. The van der Waals surface area contributed by atoms with Crippen LogP contribution in [0.25, 0.3) is 10.9 Å². The highest BCUT2D eigenvalue weighted by Crippen LogP contribution is 2.44. The Morgan fingerprint density at radius 3 is 2.33 bits per heavy atom. The Bertz CT molecular complexity index is 1160. The van der Waals surface area contributed by atoms with E-state index in [1.54, 1.807) is 42.3 Å². The Labute approximate surface area is 190 Å². The second-order valence-corrected chi connectivity index (χ2v) is 7.40. The van der Waals surface area contributed by atoms with E-state index < -0.39 is 0 Å². The molecule has 4 N–H and O–H groups in total. The van der Waals surface area contributed by atoms with Gasteiger partial charge in [0.2, 0.25) is 11.7 Å². The van der Waals surface area contributed by atoms with Crippen LogP contribution in [0.15, 0.2) is 30.3 Å². The Morgan fingerprint density at radius 2 is 1.73 bits per heavy atom. The largest absolute Gasteiger partial charge is 0.504 e. The molecule has 0 aliphatic carbocycles. The van der Waals surface area contributed by atoms with Crippen molar-refractivity contribution in [2.45, 2.75) is 0 Å². The lowest BCUT2D eigenvalue weighted by Gasteiger charge is -2.34. The van der Waals surface area contributed by atoms with Crippen molar-refractivity contribution in [3.05, 3.63) is 30.3 Å². The van der Waals surface area contributed by atoms with Crippen LogP contribution in [0.1, 0.15) is 0 Å². The molecule has 1 aliphatic rings. The van der Waals surface area contributed by atoms with Gasteiger partial charge in [-0.1, -0.05) is 0 Å². The average molecular weight is 454 g/mol. The molecular weight excluding hydrogens is 428 g/mol. The van der Waals surface area contributed by atoms with Crippen LogP contribution >= 0.6 is 0 Å². The molecule has 11 heteroatoms. The van der Waals surface area contributed by atoms with Crippen LogP contribution in [0.4, 0.5) is 22.2 Å². The molecule has 1 fully saturated rings. The summed E-state index contributed by atoms with van der Waals surface area (Å²) in [5.41, 5.74) is 7.27. The molecule has 11 nitrogen and oxygen atoms in total. The lowest BCUT2D eigenvalue weighted by atomic mass is 10.2. The third kappa shape index (κ3) is 4.29. The summed E-state index contributed by atoms with van der Waals surface area (Å²) in [5, 5.41) is 13.7. The number of nitrogens with one attached hydrogen (secondary N) is 1. The molecule has 2 heterocycles. The van der Waals surface area contributed by atoms with E-state index in [9.17, 15) is 9.90 Å². The first-order valence-corrected chi connectivity index (χ1v) is 10.3. The summed E-state index contributed by atoms with van der Waals surface area (Å²) in [6.45, 7) is 2.03. The molecular formula is C22H26N6O5. The fourth-order valence-corrected chi connectivity index (χ4v) is 3.73. The predicted octanol–water partition coefficient (Wildman–Crippen LogP) is 2.30. The molecule has 174 valence electrons. The van der Waals surface area contributed by atoms with Gasteiger partial charge in [0.25, 0.3) is 0 Å². The van der Waals surface area contributed by atoms with Crippen molar-refractivity contribution < 1.29 is 24.1 Å². The molecule has 0 unspecified atom stereocenters. The maximum absolute atomic E-state index is 12.6. The van der Waals surface area contributed by atoms with Crippen molar-refractivity contribution in [1.29, 1.82) is 0 Å². The molecule has 3 aromatic rings. The SMILES string of the molecule is COc1ccc(NC(=O)N2CCN(c3nc(N)c4c(O)c(OC)c(OC)cc4n3)CC2)cc1. The molecule has 0 radical (unpaired) electrons. The highest BCUT2D eigenvalue weighted by Gasteiger charge is 2.25. The number of nitrogens with two attached hydrogens (primary N) is 1. The average Bonchev–Trinajstić information content (AvgIpc) is 2.84. The number of urea groups is 1. The number of ether oxygens (including phenoxy) is 3. The molecule has 0 spiro atoms. The normalized spacial score (nSPS) is 13.7. The zero-order chi connectivity index (χ0) is 23.5. The molecule has 2 aromatic carbocycles. The smallest absolute Gasteiger partial charge is 0.321 e. The highest BCUT2D eigenvalue weighted by atomic mass is 16.5. The Balaban J connectivity index is 1.47. The number of nitrogens with zero attached hydrogens (tertiary/aromatic N) is 4. The zero-order valence-electron chi connectivity index (χ0n) is 18.7. The van der Waals surface area contributed by atoms with E-state index in [0.717, 1.165) is 5.75 Å². The van der Waals surface area contributed by atoms with Gasteiger partial charge in [0.15, 0.2) is 11.5 Å². The van der Waals surface area contributed by atoms with Crippen LogP contribution in [0.3, 0.4) is 0 Å². The van der Waals surface area contributed by atoms with Gasteiger partial charge in [-0.2, -0.15) is 4.98 Å². The fraction of sp³-hybridized carbons (Fsp3) is 0.318. The van der Waals surface area contributed by atoms with E-state index in [1.807, 2.05) is 4.90 Å². The minimum atomic E-state index is -0.180. The van der Waals surface area contributed by atoms with Crippen molar-refractivity contribution in [3.8, 4) is 23.0 Å². The summed E-state index contributed by atoms with van der Waals surface area (Å²) in [7, 11) is 4.50. The number of phenolic OH excluding ortho intramolecular Hbond substituents is 1. The third-order valence-corrected chi connectivity index (χ3v) is 5.51. The van der Waals surface area contributed by atoms with E-state index in [4.69, 9.17) is 19.9 Å². The number of fused-ring (bicyclic) bond motifs is 1. The van der Waals surface area contributed by atoms with E-state index in [2.05, 4.69) is 15.3 Å². The predicted molar refractivity (Wildman–Crippen MR) is 125 cm³/mol. The van der Waals surface area contributed by atoms with Gasteiger partial charge in [-0.05, 0) is 24.3 Å². The maximum Gasteiger partial charge on any atom is 0.321 e. The van der Waals surface area contributed by atoms with Crippen molar-refractivity contribution in [1.82, 2.24) is 14.9 Å². The molecule has 0 atom stereocenters. The number of phenols is 1. The van der Waals surface area contributed by atoms with Crippen LogP contribution in [0, 0.1) is 0 Å². The molecule has 0 saturated carbocycles. The fourth-order valence-electron chi connectivity index (χ4n) is 3.73. The van der Waals surface area contributed by atoms with E-state index in [0.29, 0.717) is 54.5 Å². The number of benzene rings is 2. The van der Waals surface area contributed by atoms with E-state index >= 15 is 0 Å². The third-order valence-electron chi connectivity index (χ3n) is 5.51. The summed E-state index contributed by atoms with van der Waals surface area (Å²) in [6, 6.07) is 8.62. The van der Waals surface area contributed by atoms with Crippen molar-refractivity contribution >= 4 is 34.4 Å². The summed E-state index contributed by atoms with van der Waals surface area (Å²) in [5.74, 6) is 1.61. The lowest BCUT2D eigenvalue weighted by molar-refractivity contribution is 0.208. The Morgan fingerprint density at radius 1 is 1.03 bits per heavy atom. The first kappa shape index (κ1) is 22.1.